The van der Waals surface area contributed by atoms with E-state index in [1.165, 1.54) is 35.6 Å². The topological polar surface area (TPSA) is 86.7 Å². The summed E-state index contributed by atoms with van der Waals surface area (Å²) in [5.74, 6) is -1.14. The Morgan fingerprint density at radius 1 is 1.42 bits per heavy atom. The smallest absolute Gasteiger partial charge is 0.335 e. The molecule has 1 aromatic carbocycles. The number of carboxylic acid groups (broad SMARTS) is 1. The molecule has 0 heterocycles. The van der Waals surface area contributed by atoms with Crippen molar-refractivity contribution in [2.45, 2.75) is 11.3 Å². The molecule has 7 heteroatoms. The molecule has 1 aromatic rings. The molecule has 0 aliphatic rings. The predicted octanol–water partition coefficient (Wildman–Crippen LogP) is 0.615. The van der Waals surface area contributed by atoms with E-state index >= 15 is 0 Å². The Hall–Kier alpha value is -1.44. The third kappa shape index (κ3) is 4.02. The van der Waals surface area contributed by atoms with Crippen LogP contribution in [0, 0.1) is 0 Å². The summed E-state index contributed by atoms with van der Waals surface area (Å²) < 4.78 is 25.7. The first-order chi connectivity index (χ1) is 8.89. The Morgan fingerprint density at radius 3 is 2.68 bits per heavy atom. The van der Waals surface area contributed by atoms with Crippen molar-refractivity contribution < 1.29 is 18.3 Å². The lowest BCUT2D eigenvalue weighted by Crippen LogP contribution is -2.29. The van der Waals surface area contributed by atoms with E-state index in [1.54, 1.807) is 7.05 Å². The lowest BCUT2D eigenvalue weighted by Gasteiger charge is -2.17. The maximum Gasteiger partial charge on any atom is 0.335 e. The van der Waals surface area contributed by atoms with Crippen LogP contribution < -0.4 is 5.32 Å². The Bertz CT molecular complexity index is 542. The first kappa shape index (κ1) is 15.6. The number of aromatic carboxylic acids is 1. The minimum absolute atomic E-state index is 0.000595. The molecule has 0 saturated carbocycles. The van der Waals surface area contributed by atoms with Crippen LogP contribution in [0.25, 0.3) is 0 Å². The lowest BCUT2D eigenvalue weighted by atomic mass is 10.2. The highest BCUT2D eigenvalue weighted by atomic mass is 32.2. The second-order valence-electron chi connectivity index (χ2n) is 4.12. The summed E-state index contributed by atoms with van der Waals surface area (Å²) in [6.45, 7) is 1.09. The van der Waals surface area contributed by atoms with E-state index in [-0.39, 0.29) is 10.5 Å². The number of nitrogens with one attached hydrogen (secondary N) is 1. The zero-order valence-electron chi connectivity index (χ0n) is 11.0. The molecule has 2 N–H and O–H groups in total. The normalized spacial score (nSPS) is 11.7. The highest BCUT2D eigenvalue weighted by Gasteiger charge is 2.21. The van der Waals surface area contributed by atoms with Crippen molar-refractivity contribution in [2.24, 2.45) is 0 Å². The van der Waals surface area contributed by atoms with Gasteiger partial charge in [0.1, 0.15) is 0 Å². The highest BCUT2D eigenvalue weighted by Crippen LogP contribution is 2.16. The van der Waals surface area contributed by atoms with Crippen LogP contribution in [0.15, 0.2) is 29.2 Å². The largest absolute Gasteiger partial charge is 0.478 e. The van der Waals surface area contributed by atoms with Crippen molar-refractivity contribution in [3.05, 3.63) is 29.8 Å². The van der Waals surface area contributed by atoms with E-state index in [4.69, 9.17) is 5.11 Å². The van der Waals surface area contributed by atoms with E-state index in [1.807, 2.05) is 0 Å². The van der Waals surface area contributed by atoms with Gasteiger partial charge >= 0.3 is 5.97 Å². The number of rotatable bonds is 7. The minimum Gasteiger partial charge on any atom is -0.478 e. The monoisotopic (exact) mass is 286 g/mol. The van der Waals surface area contributed by atoms with Gasteiger partial charge in [0.25, 0.3) is 0 Å². The number of carbonyl (C=O) groups is 1. The second-order valence-corrected chi connectivity index (χ2v) is 6.16. The van der Waals surface area contributed by atoms with E-state index < -0.39 is 16.0 Å². The summed E-state index contributed by atoms with van der Waals surface area (Å²) in [6, 6.07) is 5.36. The van der Waals surface area contributed by atoms with Gasteiger partial charge in [-0.3, -0.25) is 0 Å². The molecule has 0 aliphatic heterocycles. The summed E-state index contributed by atoms with van der Waals surface area (Å²) >= 11 is 0. The molecule has 0 fully saturated rings. The van der Waals surface area contributed by atoms with Gasteiger partial charge < -0.3 is 10.4 Å². The molecular formula is C12H18N2O4S. The van der Waals surface area contributed by atoms with Gasteiger partial charge in [0.2, 0.25) is 10.0 Å². The van der Waals surface area contributed by atoms with Crippen LogP contribution in [-0.2, 0) is 10.0 Å². The van der Waals surface area contributed by atoms with Crippen molar-refractivity contribution in [3.63, 3.8) is 0 Å². The van der Waals surface area contributed by atoms with Crippen LogP contribution in [-0.4, -0.2) is 51.0 Å². The van der Waals surface area contributed by atoms with E-state index in [2.05, 4.69) is 5.32 Å². The molecule has 0 bridgehead atoms. The first-order valence-corrected chi connectivity index (χ1v) is 7.28. The predicted molar refractivity (Wildman–Crippen MR) is 71.8 cm³/mol. The maximum atomic E-state index is 12.2. The summed E-state index contributed by atoms with van der Waals surface area (Å²) in [5, 5.41) is 11.8. The maximum absolute atomic E-state index is 12.2. The Balaban J connectivity index is 2.93. The zero-order valence-corrected chi connectivity index (χ0v) is 11.8. The summed E-state index contributed by atoms with van der Waals surface area (Å²) in [6.07, 6.45) is 0.685. The van der Waals surface area contributed by atoms with Crippen LogP contribution in [0.3, 0.4) is 0 Å². The molecule has 19 heavy (non-hydrogen) atoms. The summed E-state index contributed by atoms with van der Waals surface area (Å²) in [7, 11) is -0.352. The molecule has 6 nitrogen and oxygen atoms in total. The quantitative estimate of drug-likeness (QED) is 0.717. The van der Waals surface area contributed by atoms with Crippen molar-refractivity contribution in [1.29, 1.82) is 0 Å². The van der Waals surface area contributed by atoms with Crippen molar-refractivity contribution in [1.82, 2.24) is 9.62 Å². The number of sulfonamides is 1. The van der Waals surface area contributed by atoms with Gasteiger partial charge in [-0.1, -0.05) is 6.07 Å². The van der Waals surface area contributed by atoms with Crippen LogP contribution in [0.5, 0.6) is 0 Å². The average molecular weight is 286 g/mol. The van der Waals surface area contributed by atoms with Crippen LogP contribution in [0.2, 0.25) is 0 Å². The molecule has 0 amide bonds. The van der Waals surface area contributed by atoms with Crippen molar-refractivity contribution >= 4 is 16.0 Å². The molecule has 0 aromatic heterocycles. The van der Waals surface area contributed by atoms with Crippen LogP contribution in [0.4, 0.5) is 0 Å². The second kappa shape index (κ2) is 6.65. The van der Waals surface area contributed by atoms with Gasteiger partial charge in [0.15, 0.2) is 0 Å². The molecular weight excluding hydrogens is 268 g/mol. The molecule has 1 rings (SSSR count). The molecule has 0 atom stereocenters. The Morgan fingerprint density at radius 2 is 2.11 bits per heavy atom. The standard InChI is InChI=1S/C12H18N2O4S/c1-13-7-4-8-14(2)19(17,18)11-6-3-5-10(9-11)12(15)16/h3,5-6,9,13H,4,7-8H2,1-2H3,(H,15,16). The molecule has 0 unspecified atom stereocenters. The fourth-order valence-electron chi connectivity index (χ4n) is 1.57. The molecule has 0 aliphatic carbocycles. The number of nitrogens with zero attached hydrogens (tertiary/aromatic N) is 1. The van der Waals surface area contributed by atoms with Crippen molar-refractivity contribution in [2.75, 3.05) is 27.2 Å². The SMILES string of the molecule is CNCCCN(C)S(=O)(=O)c1cccc(C(=O)O)c1. The molecule has 0 spiro atoms. The van der Waals surface area contributed by atoms with Gasteiger partial charge in [-0.05, 0) is 38.2 Å². The zero-order chi connectivity index (χ0) is 14.5. The number of hydrogen-bond donors (Lipinski definition) is 2. The third-order valence-corrected chi connectivity index (χ3v) is 4.54. The van der Waals surface area contributed by atoms with Gasteiger partial charge in [0.05, 0.1) is 10.5 Å². The van der Waals surface area contributed by atoms with E-state index in [9.17, 15) is 13.2 Å². The number of carboxylic acids is 1. The van der Waals surface area contributed by atoms with Crippen molar-refractivity contribution in [3.8, 4) is 0 Å². The number of benzene rings is 1. The first-order valence-electron chi connectivity index (χ1n) is 5.84. The highest BCUT2D eigenvalue weighted by molar-refractivity contribution is 7.89. The van der Waals surface area contributed by atoms with Gasteiger partial charge in [0, 0.05) is 13.6 Å². The molecule has 106 valence electrons. The number of hydrogen-bond acceptors (Lipinski definition) is 4. The van der Waals surface area contributed by atoms with Crippen LogP contribution in [0.1, 0.15) is 16.8 Å². The Labute approximate surface area is 113 Å². The summed E-state index contributed by atoms with van der Waals surface area (Å²) in [5.41, 5.74) is -0.0373. The minimum atomic E-state index is -3.63. The summed E-state index contributed by atoms with van der Waals surface area (Å²) in [4.78, 5) is 10.8. The van der Waals surface area contributed by atoms with Gasteiger partial charge in [-0.2, -0.15) is 0 Å². The Kier molecular flexibility index (Phi) is 5.46. The third-order valence-electron chi connectivity index (χ3n) is 2.69. The fraction of sp³-hybridized carbons (Fsp3) is 0.417. The average Bonchev–Trinajstić information content (AvgIpc) is 2.39. The van der Waals surface area contributed by atoms with E-state index in [0.717, 1.165) is 6.54 Å². The van der Waals surface area contributed by atoms with E-state index in [0.29, 0.717) is 13.0 Å². The molecule has 0 saturated heterocycles. The van der Waals surface area contributed by atoms with Gasteiger partial charge in [-0.25, -0.2) is 17.5 Å². The fourth-order valence-corrected chi connectivity index (χ4v) is 2.82. The van der Waals surface area contributed by atoms with Crippen LogP contribution >= 0.6 is 0 Å². The lowest BCUT2D eigenvalue weighted by molar-refractivity contribution is 0.0696. The molecule has 0 radical (unpaired) electrons. The van der Waals surface area contributed by atoms with Gasteiger partial charge in [-0.15, -0.1) is 0 Å².